The van der Waals surface area contributed by atoms with Crippen LogP contribution in [-0.2, 0) is 14.3 Å². The van der Waals surface area contributed by atoms with Gasteiger partial charge in [-0.25, -0.2) is 0 Å². The Hall–Kier alpha value is -4.44. The molecule has 3 N–H and O–H groups in total. The van der Waals surface area contributed by atoms with Gasteiger partial charge < -0.3 is 25.1 Å². The lowest BCUT2D eigenvalue weighted by molar-refractivity contribution is -0.385. The molecule has 0 amide bonds. The van der Waals surface area contributed by atoms with Gasteiger partial charge in [-0.2, -0.15) is 0 Å². The number of nitrogens with zero attached hydrogens (tertiary/aromatic N) is 1. The Balaban J connectivity index is 1.56. The highest BCUT2D eigenvalue weighted by atomic mass is 16.6. The third-order valence-corrected chi connectivity index (χ3v) is 6.55. The summed E-state index contributed by atoms with van der Waals surface area (Å²) in [6.45, 7) is -0.148. The van der Waals surface area contributed by atoms with E-state index in [-0.39, 0.29) is 61.3 Å². The number of esters is 1. The zero-order chi connectivity index (χ0) is 27.2. The summed E-state index contributed by atoms with van der Waals surface area (Å²) in [6, 6.07) is 18.4. The standard InChI is InChI=1S/C28H28N2O8/c1-36-25-13-21(24(30(34)35)14-26(25)37-12-6-11-27(31)32)22(15-29)28(33)38-16-23-19-9-4-2-7-17(19)18-8-3-5-10-20(18)23/h2-5,7-10,13-14,22-23H,6,11-12,15-16,29H2,1H3,(H,31,32). The third kappa shape index (κ3) is 5.45. The van der Waals surface area contributed by atoms with Crippen molar-refractivity contribution in [3.8, 4) is 22.6 Å². The summed E-state index contributed by atoms with van der Waals surface area (Å²) >= 11 is 0. The summed E-state index contributed by atoms with van der Waals surface area (Å²) in [5.41, 5.74) is 9.84. The largest absolute Gasteiger partial charge is 0.493 e. The summed E-state index contributed by atoms with van der Waals surface area (Å²) in [7, 11) is 1.36. The number of benzene rings is 3. The van der Waals surface area contributed by atoms with E-state index in [2.05, 4.69) is 0 Å². The van der Waals surface area contributed by atoms with Gasteiger partial charge in [0.25, 0.3) is 5.69 Å². The number of methoxy groups -OCH3 is 1. The fourth-order valence-electron chi connectivity index (χ4n) is 4.74. The van der Waals surface area contributed by atoms with Crippen LogP contribution in [0.15, 0.2) is 60.7 Å². The van der Waals surface area contributed by atoms with Crippen LogP contribution in [0.2, 0.25) is 0 Å². The lowest BCUT2D eigenvalue weighted by Crippen LogP contribution is -2.26. The van der Waals surface area contributed by atoms with Crippen molar-refractivity contribution in [1.29, 1.82) is 0 Å². The first-order valence-electron chi connectivity index (χ1n) is 12.1. The molecule has 0 heterocycles. The average molecular weight is 521 g/mol. The van der Waals surface area contributed by atoms with Gasteiger partial charge in [0.1, 0.15) is 12.5 Å². The van der Waals surface area contributed by atoms with E-state index >= 15 is 0 Å². The van der Waals surface area contributed by atoms with Crippen molar-refractivity contribution in [2.45, 2.75) is 24.7 Å². The second kappa shape index (κ2) is 11.7. The van der Waals surface area contributed by atoms with Gasteiger partial charge in [-0.15, -0.1) is 0 Å². The molecular weight excluding hydrogens is 492 g/mol. The fraction of sp³-hybridized carbons (Fsp3) is 0.286. The first kappa shape index (κ1) is 26.6. The second-order valence-electron chi connectivity index (χ2n) is 8.81. The van der Waals surface area contributed by atoms with Crippen LogP contribution >= 0.6 is 0 Å². The predicted octanol–water partition coefficient (Wildman–Crippen LogP) is 4.25. The van der Waals surface area contributed by atoms with E-state index in [1.165, 1.54) is 13.2 Å². The van der Waals surface area contributed by atoms with Gasteiger partial charge in [0.2, 0.25) is 0 Å². The smallest absolute Gasteiger partial charge is 0.315 e. The molecule has 3 aromatic carbocycles. The van der Waals surface area contributed by atoms with Crippen LogP contribution in [0.1, 0.15) is 41.4 Å². The molecule has 0 aliphatic heterocycles. The zero-order valence-electron chi connectivity index (χ0n) is 20.8. The van der Waals surface area contributed by atoms with Gasteiger partial charge in [0, 0.05) is 24.4 Å². The van der Waals surface area contributed by atoms with Crippen molar-refractivity contribution in [3.05, 3.63) is 87.5 Å². The lowest BCUT2D eigenvalue weighted by Gasteiger charge is -2.19. The average Bonchev–Trinajstić information content (AvgIpc) is 3.23. The maximum atomic E-state index is 13.2. The predicted molar refractivity (Wildman–Crippen MR) is 138 cm³/mol. The number of carbonyl (C=O) groups is 2. The number of ether oxygens (including phenoxy) is 3. The number of nitro benzene ring substituents is 1. The quantitative estimate of drug-likeness (QED) is 0.155. The van der Waals surface area contributed by atoms with E-state index in [0.29, 0.717) is 0 Å². The van der Waals surface area contributed by atoms with Gasteiger partial charge in [-0.3, -0.25) is 19.7 Å². The fourth-order valence-corrected chi connectivity index (χ4v) is 4.74. The normalized spacial score (nSPS) is 12.8. The molecule has 0 radical (unpaired) electrons. The Morgan fingerprint density at radius 2 is 1.68 bits per heavy atom. The van der Waals surface area contributed by atoms with E-state index in [4.69, 9.17) is 25.1 Å². The molecule has 4 rings (SSSR count). The summed E-state index contributed by atoms with van der Waals surface area (Å²) in [5, 5.41) is 20.7. The minimum Gasteiger partial charge on any atom is -0.493 e. The molecule has 0 fully saturated rings. The van der Waals surface area contributed by atoms with Gasteiger partial charge in [-0.1, -0.05) is 48.5 Å². The number of aliphatic carboxylic acids is 1. The summed E-state index contributed by atoms with van der Waals surface area (Å²) in [4.78, 5) is 35.3. The molecule has 0 saturated carbocycles. The Kier molecular flexibility index (Phi) is 8.22. The molecule has 3 aromatic rings. The third-order valence-electron chi connectivity index (χ3n) is 6.55. The van der Waals surface area contributed by atoms with Crippen LogP contribution in [-0.4, -0.2) is 48.8 Å². The van der Waals surface area contributed by atoms with Crippen molar-refractivity contribution >= 4 is 17.6 Å². The van der Waals surface area contributed by atoms with E-state index < -0.39 is 22.8 Å². The number of rotatable bonds is 12. The summed E-state index contributed by atoms with van der Waals surface area (Å²) in [5.74, 6) is -2.72. The molecule has 1 unspecified atom stereocenters. The molecule has 0 aromatic heterocycles. The van der Waals surface area contributed by atoms with E-state index in [1.807, 2.05) is 48.5 Å². The van der Waals surface area contributed by atoms with Crippen molar-refractivity contribution in [3.63, 3.8) is 0 Å². The van der Waals surface area contributed by atoms with Crippen molar-refractivity contribution in [1.82, 2.24) is 0 Å². The number of fused-ring (bicyclic) bond motifs is 3. The molecule has 10 nitrogen and oxygen atoms in total. The monoisotopic (exact) mass is 520 g/mol. The first-order chi connectivity index (χ1) is 18.3. The highest BCUT2D eigenvalue weighted by Gasteiger charge is 2.33. The van der Waals surface area contributed by atoms with Gasteiger partial charge in [0.15, 0.2) is 11.5 Å². The molecule has 1 aliphatic rings. The van der Waals surface area contributed by atoms with Crippen molar-refractivity contribution < 1.29 is 33.8 Å². The summed E-state index contributed by atoms with van der Waals surface area (Å²) in [6.07, 6.45) is 0.0960. The highest BCUT2D eigenvalue weighted by Crippen LogP contribution is 2.45. The molecule has 0 spiro atoms. The van der Waals surface area contributed by atoms with Crippen LogP contribution in [0.4, 0.5) is 5.69 Å². The summed E-state index contributed by atoms with van der Waals surface area (Å²) < 4.78 is 16.6. The molecule has 0 bridgehead atoms. The molecule has 1 atom stereocenters. The highest BCUT2D eigenvalue weighted by molar-refractivity contribution is 5.82. The molecule has 1 aliphatic carbocycles. The SMILES string of the molecule is COc1cc(C(CN)C(=O)OCC2c3ccccc3-c3ccccc32)c([N+](=O)[O-])cc1OCCCC(=O)O. The molecular formula is C28H28N2O8. The number of nitrogens with two attached hydrogens (primary N) is 1. The van der Waals surface area contributed by atoms with Crippen LogP contribution in [0.25, 0.3) is 11.1 Å². The number of hydrogen-bond donors (Lipinski definition) is 2. The zero-order valence-corrected chi connectivity index (χ0v) is 20.8. The number of hydrogen-bond acceptors (Lipinski definition) is 8. The Labute approximate surface area is 219 Å². The van der Waals surface area contributed by atoms with Crippen LogP contribution in [0.5, 0.6) is 11.5 Å². The van der Waals surface area contributed by atoms with Crippen molar-refractivity contribution in [2.75, 3.05) is 26.9 Å². The number of carboxylic acid groups (broad SMARTS) is 1. The number of nitro groups is 1. The van der Waals surface area contributed by atoms with Gasteiger partial charge in [0.05, 0.1) is 24.7 Å². The Morgan fingerprint density at radius 1 is 1.05 bits per heavy atom. The second-order valence-corrected chi connectivity index (χ2v) is 8.81. The molecule has 10 heteroatoms. The topological polar surface area (TPSA) is 151 Å². The Morgan fingerprint density at radius 3 is 2.24 bits per heavy atom. The van der Waals surface area contributed by atoms with Crippen LogP contribution in [0.3, 0.4) is 0 Å². The minimum atomic E-state index is -1.11. The minimum absolute atomic E-state index is 0.0197. The van der Waals surface area contributed by atoms with E-state index in [9.17, 15) is 19.7 Å². The van der Waals surface area contributed by atoms with E-state index in [0.717, 1.165) is 28.3 Å². The van der Waals surface area contributed by atoms with E-state index in [1.54, 1.807) is 0 Å². The lowest BCUT2D eigenvalue weighted by atomic mass is 9.96. The first-order valence-corrected chi connectivity index (χ1v) is 12.1. The molecule has 198 valence electrons. The molecule has 38 heavy (non-hydrogen) atoms. The number of carboxylic acids is 1. The van der Waals surface area contributed by atoms with Crippen molar-refractivity contribution in [2.24, 2.45) is 5.73 Å². The molecule has 0 saturated heterocycles. The number of carbonyl (C=O) groups excluding carboxylic acids is 1. The van der Waals surface area contributed by atoms with Gasteiger partial charge >= 0.3 is 11.9 Å². The maximum absolute atomic E-state index is 13.2. The van der Waals surface area contributed by atoms with Gasteiger partial charge in [-0.05, 0) is 34.7 Å². The Bertz CT molecular complexity index is 1310. The van der Waals surface area contributed by atoms with Crippen LogP contribution in [0, 0.1) is 10.1 Å². The van der Waals surface area contributed by atoms with Crippen LogP contribution < -0.4 is 15.2 Å². The maximum Gasteiger partial charge on any atom is 0.315 e.